The lowest BCUT2D eigenvalue weighted by atomic mass is 9.77. The van der Waals surface area contributed by atoms with Crippen LogP contribution in [0.3, 0.4) is 0 Å². The molecular formula is C10H14N6. The number of rotatable bonds is 2. The van der Waals surface area contributed by atoms with Gasteiger partial charge in [-0.25, -0.2) is 4.98 Å². The van der Waals surface area contributed by atoms with E-state index in [0.29, 0.717) is 0 Å². The third-order valence-electron chi connectivity index (χ3n) is 3.25. The molecule has 1 fully saturated rings. The highest BCUT2D eigenvalue weighted by atomic mass is 15.3. The van der Waals surface area contributed by atoms with Crippen molar-refractivity contribution >= 4 is 0 Å². The van der Waals surface area contributed by atoms with Gasteiger partial charge in [-0.15, -0.1) is 10.2 Å². The predicted molar refractivity (Wildman–Crippen MR) is 58.3 cm³/mol. The molecule has 6 nitrogen and oxygen atoms in total. The standard InChI is InChI=1S/C10H14N6/c1-16-6-13-15-8(16)7-5-12-9(14-7)10(11)3-2-4-10/h5-6H,2-4,11H2,1H3,(H,12,14). The van der Waals surface area contributed by atoms with Gasteiger partial charge in [0.1, 0.15) is 17.8 Å². The van der Waals surface area contributed by atoms with E-state index in [1.54, 1.807) is 12.5 Å². The normalized spacial score (nSPS) is 18.4. The summed E-state index contributed by atoms with van der Waals surface area (Å²) in [6, 6.07) is 0. The largest absolute Gasteiger partial charge is 0.338 e. The Balaban J connectivity index is 1.97. The number of hydrogen-bond donors (Lipinski definition) is 2. The maximum atomic E-state index is 6.19. The Morgan fingerprint density at radius 3 is 2.88 bits per heavy atom. The number of H-pyrrole nitrogens is 1. The van der Waals surface area contributed by atoms with Gasteiger partial charge >= 0.3 is 0 Å². The fourth-order valence-corrected chi connectivity index (χ4v) is 2.01. The topological polar surface area (TPSA) is 85.4 Å². The molecule has 0 atom stereocenters. The minimum atomic E-state index is -0.253. The van der Waals surface area contributed by atoms with Gasteiger partial charge in [-0.3, -0.25) is 0 Å². The highest BCUT2D eigenvalue weighted by molar-refractivity contribution is 5.48. The molecule has 0 amide bonds. The molecular weight excluding hydrogens is 204 g/mol. The van der Waals surface area contributed by atoms with Crippen molar-refractivity contribution in [1.82, 2.24) is 24.7 Å². The summed E-state index contributed by atoms with van der Waals surface area (Å²) < 4.78 is 1.85. The Kier molecular flexibility index (Phi) is 1.88. The zero-order valence-electron chi connectivity index (χ0n) is 9.14. The molecule has 6 heteroatoms. The first-order chi connectivity index (χ1) is 7.69. The van der Waals surface area contributed by atoms with E-state index in [1.165, 1.54) is 6.42 Å². The third kappa shape index (κ3) is 1.26. The number of aromatic amines is 1. The smallest absolute Gasteiger partial charge is 0.181 e. The van der Waals surface area contributed by atoms with Gasteiger partial charge in [-0.2, -0.15) is 0 Å². The van der Waals surface area contributed by atoms with Crippen molar-refractivity contribution < 1.29 is 0 Å². The Hall–Kier alpha value is -1.69. The average Bonchev–Trinajstić information content (AvgIpc) is 2.82. The molecule has 1 saturated carbocycles. The van der Waals surface area contributed by atoms with Crippen LogP contribution >= 0.6 is 0 Å². The summed E-state index contributed by atoms with van der Waals surface area (Å²) in [7, 11) is 1.90. The first-order valence-electron chi connectivity index (χ1n) is 5.38. The lowest BCUT2D eigenvalue weighted by Gasteiger charge is -2.35. The van der Waals surface area contributed by atoms with Crippen LogP contribution in [0, 0.1) is 0 Å². The zero-order valence-corrected chi connectivity index (χ0v) is 9.14. The first-order valence-corrected chi connectivity index (χ1v) is 5.38. The molecule has 0 bridgehead atoms. The van der Waals surface area contributed by atoms with E-state index < -0.39 is 0 Å². The van der Waals surface area contributed by atoms with E-state index >= 15 is 0 Å². The van der Waals surface area contributed by atoms with Gasteiger partial charge in [0.05, 0.1) is 11.7 Å². The second-order valence-electron chi connectivity index (χ2n) is 4.42. The van der Waals surface area contributed by atoms with Crippen molar-refractivity contribution in [2.24, 2.45) is 12.8 Å². The Morgan fingerprint density at radius 1 is 1.50 bits per heavy atom. The van der Waals surface area contributed by atoms with Crippen LogP contribution in [0.5, 0.6) is 0 Å². The summed E-state index contributed by atoms with van der Waals surface area (Å²) in [6.07, 6.45) is 6.61. The molecule has 0 aliphatic heterocycles. The number of nitrogens with one attached hydrogen (secondary N) is 1. The Bertz CT molecular complexity index is 507. The van der Waals surface area contributed by atoms with Crippen LogP contribution in [0.25, 0.3) is 11.5 Å². The molecule has 2 heterocycles. The molecule has 3 N–H and O–H groups in total. The van der Waals surface area contributed by atoms with E-state index in [0.717, 1.165) is 30.2 Å². The summed E-state index contributed by atoms with van der Waals surface area (Å²) in [5.74, 6) is 1.64. The third-order valence-corrected chi connectivity index (χ3v) is 3.25. The van der Waals surface area contributed by atoms with Crippen LogP contribution in [0.4, 0.5) is 0 Å². The summed E-state index contributed by atoms with van der Waals surface area (Å²) in [5.41, 5.74) is 6.81. The van der Waals surface area contributed by atoms with E-state index in [9.17, 15) is 0 Å². The Morgan fingerprint density at radius 2 is 2.31 bits per heavy atom. The van der Waals surface area contributed by atoms with Crippen molar-refractivity contribution in [3.05, 3.63) is 18.3 Å². The lowest BCUT2D eigenvalue weighted by molar-refractivity contribution is 0.240. The van der Waals surface area contributed by atoms with Crippen LogP contribution in [-0.2, 0) is 12.6 Å². The fourth-order valence-electron chi connectivity index (χ4n) is 2.01. The van der Waals surface area contributed by atoms with E-state index in [2.05, 4.69) is 20.2 Å². The molecule has 84 valence electrons. The number of nitrogens with two attached hydrogens (primary N) is 1. The summed E-state index contributed by atoms with van der Waals surface area (Å²) in [4.78, 5) is 7.58. The van der Waals surface area contributed by atoms with Crippen LogP contribution < -0.4 is 5.73 Å². The monoisotopic (exact) mass is 218 g/mol. The molecule has 0 aromatic carbocycles. The second-order valence-corrected chi connectivity index (χ2v) is 4.42. The molecule has 2 aromatic heterocycles. The van der Waals surface area contributed by atoms with E-state index in [1.807, 2.05) is 11.6 Å². The SMILES string of the molecule is Cn1cnnc1-c1cnc(C2(N)CCC2)[nH]1. The van der Waals surface area contributed by atoms with Crippen molar-refractivity contribution in [2.45, 2.75) is 24.8 Å². The molecule has 1 aliphatic carbocycles. The number of aromatic nitrogens is 5. The van der Waals surface area contributed by atoms with Crippen LogP contribution in [-0.4, -0.2) is 24.7 Å². The van der Waals surface area contributed by atoms with Gasteiger partial charge in [-0.1, -0.05) is 0 Å². The lowest BCUT2D eigenvalue weighted by Crippen LogP contribution is -2.44. The van der Waals surface area contributed by atoms with Crippen molar-refractivity contribution in [1.29, 1.82) is 0 Å². The van der Waals surface area contributed by atoms with E-state index in [-0.39, 0.29) is 5.54 Å². The second kappa shape index (κ2) is 3.15. The number of nitrogens with zero attached hydrogens (tertiary/aromatic N) is 4. The predicted octanol–water partition coefficient (Wildman–Crippen LogP) is 0.543. The van der Waals surface area contributed by atoms with Crippen molar-refractivity contribution in [2.75, 3.05) is 0 Å². The molecule has 1 aliphatic rings. The van der Waals surface area contributed by atoms with Crippen LogP contribution in [0.2, 0.25) is 0 Å². The van der Waals surface area contributed by atoms with Gasteiger partial charge in [0.25, 0.3) is 0 Å². The molecule has 0 saturated heterocycles. The maximum Gasteiger partial charge on any atom is 0.181 e. The summed E-state index contributed by atoms with van der Waals surface area (Å²) >= 11 is 0. The zero-order chi connectivity index (χ0) is 11.2. The Labute approximate surface area is 92.9 Å². The fraction of sp³-hybridized carbons (Fsp3) is 0.500. The molecule has 16 heavy (non-hydrogen) atoms. The number of hydrogen-bond acceptors (Lipinski definition) is 4. The first kappa shape index (κ1) is 9.53. The minimum absolute atomic E-state index is 0.253. The average molecular weight is 218 g/mol. The van der Waals surface area contributed by atoms with Gasteiger partial charge in [0, 0.05) is 7.05 Å². The molecule has 2 aromatic rings. The van der Waals surface area contributed by atoms with Gasteiger partial charge < -0.3 is 15.3 Å². The maximum absolute atomic E-state index is 6.19. The van der Waals surface area contributed by atoms with E-state index in [4.69, 9.17) is 5.73 Å². The highest BCUT2D eigenvalue weighted by Crippen LogP contribution is 2.37. The van der Waals surface area contributed by atoms with Crippen LogP contribution in [0.15, 0.2) is 12.5 Å². The van der Waals surface area contributed by atoms with Gasteiger partial charge in [-0.05, 0) is 19.3 Å². The highest BCUT2D eigenvalue weighted by Gasteiger charge is 2.37. The molecule has 3 rings (SSSR count). The van der Waals surface area contributed by atoms with Crippen molar-refractivity contribution in [3.63, 3.8) is 0 Å². The van der Waals surface area contributed by atoms with Gasteiger partial charge in [0.15, 0.2) is 5.82 Å². The quantitative estimate of drug-likeness (QED) is 0.770. The summed E-state index contributed by atoms with van der Waals surface area (Å²) in [6.45, 7) is 0. The molecule has 0 spiro atoms. The number of aryl methyl sites for hydroxylation is 1. The van der Waals surface area contributed by atoms with Crippen molar-refractivity contribution in [3.8, 4) is 11.5 Å². The van der Waals surface area contributed by atoms with Gasteiger partial charge in [0.2, 0.25) is 0 Å². The summed E-state index contributed by atoms with van der Waals surface area (Å²) in [5, 5.41) is 7.86. The minimum Gasteiger partial charge on any atom is -0.338 e. The number of imidazole rings is 1. The van der Waals surface area contributed by atoms with Crippen LogP contribution in [0.1, 0.15) is 25.1 Å². The molecule has 0 radical (unpaired) electrons. The molecule has 0 unspecified atom stereocenters.